The second-order valence-corrected chi connectivity index (χ2v) is 4.97. The molecule has 1 saturated heterocycles. The largest absolute Gasteiger partial charge is 0.368 e. The molecular formula is C15H20N2O3. The number of likely N-dealkylation sites (N-methyl/N-ethyl adjacent to an activating group) is 1. The van der Waals surface area contributed by atoms with Crippen LogP contribution in [0.3, 0.4) is 0 Å². The molecule has 1 aliphatic heterocycles. The van der Waals surface area contributed by atoms with Gasteiger partial charge in [-0.25, -0.2) is 0 Å². The quantitative estimate of drug-likeness (QED) is 0.898. The summed E-state index contributed by atoms with van der Waals surface area (Å²) in [6.45, 7) is 1.19. The molecule has 5 heteroatoms. The van der Waals surface area contributed by atoms with Gasteiger partial charge in [0.25, 0.3) is 11.8 Å². The highest BCUT2D eigenvalue weighted by Crippen LogP contribution is 2.15. The van der Waals surface area contributed by atoms with Crippen molar-refractivity contribution in [2.45, 2.75) is 25.5 Å². The molecule has 1 fully saturated rings. The molecule has 0 saturated carbocycles. The van der Waals surface area contributed by atoms with Crippen LogP contribution in [0, 0.1) is 0 Å². The molecule has 1 N–H and O–H groups in total. The van der Waals surface area contributed by atoms with Crippen LogP contribution in [0.25, 0.3) is 0 Å². The molecule has 1 aliphatic rings. The van der Waals surface area contributed by atoms with E-state index >= 15 is 0 Å². The van der Waals surface area contributed by atoms with Gasteiger partial charge < -0.3 is 15.0 Å². The van der Waals surface area contributed by atoms with Crippen LogP contribution in [0.5, 0.6) is 0 Å². The molecule has 1 heterocycles. The van der Waals surface area contributed by atoms with Crippen LogP contribution in [0.4, 0.5) is 0 Å². The Bertz CT molecular complexity index is 478. The Morgan fingerprint density at radius 3 is 2.60 bits per heavy atom. The Balaban J connectivity index is 1.95. The number of nitrogens with one attached hydrogen (secondary N) is 1. The number of carbonyl (C=O) groups excluding carboxylic acids is 2. The van der Waals surface area contributed by atoms with Crippen molar-refractivity contribution in [2.75, 3.05) is 20.7 Å². The molecule has 1 atom stereocenters. The van der Waals surface area contributed by atoms with Gasteiger partial charge in [-0.15, -0.1) is 0 Å². The fourth-order valence-electron chi connectivity index (χ4n) is 2.28. The van der Waals surface area contributed by atoms with Crippen LogP contribution in [0.1, 0.15) is 28.8 Å². The molecule has 0 unspecified atom stereocenters. The second kappa shape index (κ2) is 6.52. The minimum absolute atomic E-state index is 0.0258. The van der Waals surface area contributed by atoms with Crippen molar-refractivity contribution in [1.29, 1.82) is 0 Å². The van der Waals surface area contributed by atoms with E-state index in [2.05, 4.69) is 5.32 Å². The van der Waals surface area contributed by atoms with E-state index in [9.17, 15) is 9.59 Å². The highest BCUT2D eigenvalue weighted by Gasteiger charge is 2.26. The van der Waals surface area contributed by atoms with Crippen molar-refractivity contribution in [3.05, 3.63) is 35.4 Å². The van der Waals surface area contributed by atoms with Gasteiger partial charge in [-0.1, -0.05) is 12.1 Å². The van der Waals surface area contributed by atoms with E-state index in [0.717, 1.165) is 18.4 Å². The summed E-state index contributed by atoms with van der Waals surface area (Å²) in [4.78, 5) is 25.2. The van der Waals surface area contributed by atoms with Crippen LogP contribution in [-0.4, -0.2) is 43.5 Å². The average molecular weight is 276 g/mol. The molecule has 0 aliphatic carbocycles. The summed E-state index contributed by atoms with van der Waals surface area (Å²) in [5, 5.41) is 2.58. The Morgan fingerprint density at radius 1 is 1.35 bits per heavy atom. The molecule has 0 aromatic heterocycles. The first-order valence-electron chi connectivity index (χ1n) is 6.79. The van der Waals surface area contributed by atoms with Crippen LogP contribution in [-0.2, 0) is 16.1 Å². The number of ether oxygens (including phenoxy) is 1. The first-order valence-corrected chi connectivity index (χ1v) is 6.79. The zero-order valence-electron chi connectivity index (χ0n) is 11.9. The summed E-state index contributed by atoms with van der Waals surface area (Å²) in [5.74, 6) is -0.0850. The predicted octanol–water partition coefficient (Wildman–Crippen LogP) is 1.18. The first kappa shape index (κ1) is 14.5. The van der Waals surface area contributed by atoms with E-state index in [4.69, 9.17) is 4.74 Å². The second-order valence-electron chi connectivity index (χ2n) is 4.97. The van der Waals surface area contributed by atoms with Gasteiger partial charge in [-0.05, 0) is 30.5 Å². The summed E-state index contributed by atoms with van der Waals surface area (Å²) in [7, 11) is 3.38. The van der Waals surface area contributed by atoms with Gasteiger partial charge in [0.2, 0.25) is 0 Å². The third-order valence-electron chi connectivity index (χ3n) is 3.44. The third kappa shape index (κ3) is 3.36. The van der Waals surface area contributed by atoms with Gasteiger partial charge in [0, 0.05) is 32.8 Å². The number of benzene rings is 1. The Kier molecular flexibility index (Phi) is 4.74. The summed E-state index contributed by atoms with van der Waals surface area (Å²) < 4.78 is 5.39. The van der Waals surface area contributed by atoms with Gasteiger partial charge >= 0.3 is 0 Å². The lowest BCUT2D eigenvalue weighted by atomic mass is 10.1. The fourth-order valence-corrected chi connectivity index (χ4v) is 2.28. The van der Waals surface area contributed by atoms with Gasteiger partial charge in [0.15, 0.2) is 0 Å². The maximum absolute atomic E-state index is 12.1. The highest BCUT2D eigenvalue weighted by molar-refractivity contribution is 5.93. The van der Waals surface area contributed by atoms with Crippen molar-refractivity contribution >= 4 is 11.8 Å². The lowest BCUT2D eigenvalue weighted by Crippen LogP contribution is -2.35. The zero-order chi connectivity index (χ0) is 14.5. The molecule has 2 amide bonds. The van der Waals surface area contributed by atoms with Crippen LogP contribution >= 0.6 is 0 Å². The van der Waals surface area contributed by atoms with E-state index in [-0.39, 0.29) is 17.9 Å². The molecule has 5 nitrogen and oxygen atoms in total. The van der Waals surface area contributed by atoms with E-state index < -0.39 is 0 Å². The van der Waals surface area contributed by atoms with E-state index in [0.29, 0.717) is 18.7 Å². The van der Waals surface area contributed by atoms with Crippen molar-refractivity contribution < 1.29 is 14.3 Å². The van der Waals surface area contributed by atoms with Gasteiger partial charge in [0.05, 0.1) is 0 Å². The number of nitrogens with zero attached hydrogens (tertiary/aromatic N) is 1. The fraction of sp³-hybridized carbons (Fsp3) is 0.467. The van der Waals surface area contributed by atoms with Crippen molar-refractivity contribution in [3.63, 3.8) is 0 Å². The molecule has 2 rings (SSSR count). The van der Waals surface area contributed by atoms with Gasteiger partial charge in [-0.2, -0.15) is 0 Å². The zero-order valence-corrected chi connectivity index (χ0v) is 11.9. The van der Waals surface area contributed by atoms with Crippen molar-refractivity contribution in [3.8, 4) is 0 Å². The molecule has 108 valence electrons. The standard InChI is InChI=1S/C15H20N2O3/c1-16-14(18)12-7-5-11(6-8-12)10-17(2)15(19)13-4-3-9-20-13/h5-8,13H,3-4,9-10H2,1-2H3,(H,16,18)/t13-/m0/s1. The summed E-state index contributed by atoms with van der Waals surface area (Å²) in [6, 6.07) is 7.25. The molecule has 0 bridgehead atoms. The van der Waals surface area contributed by atoms with E-state index in [1.54, 1.807) is 31.1 Å². The highest BCUT2D eigenvalue weighted by atomic mass is 16.5. The topological polar surface area (TPSA) is 58.6 Å². The van der Waals surface area contributed by atoms with Crippen molar-refractivity contribution in [1.82, 2.24) is 10.2 Å². The van der Waals surface area contributed by atoms with Gasteiger partial charge in [-0.3, -0.25) is 9.59 Å². The first-order chi connectivity index (χ1) is 9.61. The van der Waals surface area contributed by atoms with Crippen molar-refractivity contribution in [2.24, 2.45) is 0 Å². The van der Waals surface area contributed by atoms with Crippen LogP contribution in [0.2, 0.25) is 0 Å². The van der Waals surface area contributed by atoms with Crippen LogP contribution < -0.4 is 5.32 Å². The molecular weight excluding hydrogens is 256 g/mol. The number of carbonyl (C=O) groups is 2. The van der Waals surface area contributed by atoms with E-state index in [1.165, 1.54) is 0 Å². The smallest absolute Gasteiger partial charge is 0.251 e. The lowest BCUT2D eigenvalue weighted by Gasteiger charge is -2.20. The summed E-state index contributed by atoms with van der Waals surface area (Å²) in [5.41, 5.74) is 1.61. The minimum Gasteiger partial charge on any atom is -0.368 e. The number of rotatable bonds is 4. The molecule has 20 heavy (non-hydrogen) atoms. The summed E-state index contributed by atoms with van der Waals surface area (Å²) in [6.07, 6.45) is 1.47. The minimum atomic E-state index is -0.287. The Labute approximate surface area is 118 Å². The monoisotopic (exact) mass is 276 g/mol. The molecule has 0 radical (unpaired) electrons. The number of hydrogen-bond donors (Lipinski definition) is 1. The Morgan fingerprint density at radius 2 is 2.05 bits per heavy atom. The van der Waals surface area contributed by atoms with Gasteiger partial charge in [0.1, 0.15) is 6.10 Å². The predicted molar refractivity (Wildman–Crippen MR) is 75.3 cm³/mol. The third-order valence-corrected chi connectivity index (χ3v) is 3.44. The van der Waals surface area contributed by atoms with Crippen LogP contribution in [0.15, 0.2) is 24.3 Å². The van der Waals surface area contributed by atoms with E-state index in [1.807, 2.05) is 12.1 Å². The number of amides is 2. The molecule has 1 aromatic rings. The summed E-state index contributed by atoms with van der Waals surface area (Å²) >= 11 is 0. The maximum atomic E-state index is 12.1. The number of hydrogen-bond acceptors (Lipinski definition) is 3. The molecule has 1 aromatic carbocycles. The Hall–Kier alpha value is -1.88. The normalized spacial score (nSPS) is 17.8. The lowest BCUT2D eigenvalue weighted by molar-refractivity contribution is -0.140. The molecule has 0 spiro atoms. The average Bonchev–Trinajstić information content (AvgIpc) is 3.00. The SMILES string of the molecule is CNC(=O)c1ccc(CN(C)C(=O)[C@@H]2CCCO2)cc1. The maximum Gasteiger partial charge on any atom is 0.251 e.